The van der Waals surface area contributed by atoms with E-state index >= 15 is 0 Å². The van der Waals surface area contributed by atoms with Crippen LogP contribution in [0.3, 0.4) is 0 Å². The van der Waals surface area contributed by atoms with Crippen LogP contribution in [-0.2, 0) is 7.05 Å². The van der Waals surface area contributed by atoms with Crippen molar-refractivity contribution in [2.45, 2.75) is 0 Å². The van der Waals surface area contributed by atoms with E-state index < -0.39 is 0 Å². The molecule has 0 radical (unpaired) electrons. The number of aromatic hydroxyl groups is 1. The van der Waals surface area contributed by atoms with Crippen molar-refractivity contribution in [2.24, 2.45) is 7.05 Å². The average molecular weight is 274 g/mol. The van der Waals surface area contributed by atoms with Crippen molar-refractivity contribution in [2.75, 3.05) is 0 Å². The van der Waals surface area contributed by atoms with Crippen molar-refractivity contribution in [1.29, 1.82) is 0 Å². The third-order valence-corrected chi connectivity index (χ3v) is 2.65. The van der Waals surface area contributed by atoms with E-state index in [0.29, 0.717) is 5.75 Å². The first kappa shape index (κ1) is 7.85. The van der Waals surface area contributed by atoms with Crippen LogP contribution in [-0.4, -0.2) is 14.7 Å². The van der Waals surface area contributed by atoms with Crippen LogP contribution in [0.15, 0.2) is 18.5 Å². The Morgan fingerprint density at radius 1 is 1.58 bits per heavy atom. The number of pyridine rings is 1. The number of hydrogen-bond acceptors (Lipinski definition) is 2. The van der Waals surface area contributed by atoms with Crippen molar-refractivity contribution < 1.29 is 5.11 Å². The minimum atomic E-state index is 0.296. The molecule has 0 fully saturated rings. The molecule has 0 aliphatic heterocycles. The van der Waals surface area contributed by atoms with Gasteiger partial charge in [0, 0.05) is 19.4 Å². The van der Waals surface area contributed by atoms with Gasteiger partial charge in [-0.1, -0.05) is 0 Å². The number of halogens is 1. The number of aromatic nitrogens is 2. The average Bonchev–Trinajstić information content (AvgIpc) is 2.29. The fourth-order valence-electron chi connectivity index (χ4n) is 1.28. The molecule has 2 aromatic rings. The lowest BCUT2D eigenvalue weighted by molar-refractivity contribution is 0.479. The first-order valence-corrected chi connectivity index (χ1v) is 4.56. The zero-order valence-corrected chi connectivity index (χ0v) is 8.61. The Kier molecular flexibility index (Phi) is 1.71. The predicted octanol–water partition coefficient (Wildman–Crippen LogP) is 1.88. The lowest BCUT2D eigenvalue weighted by Gasteiger charge is -1.95. The summed E-state index contributed by atoms with van der Waals surface area (Å²) >= 11 is 2.11. The monoisotopic (exact) mass is 274 g/mol. The van der Waals surface area contributed by atoms with Crippen LogP contribution >= 0.6 is 22.6 Å². The number of rotatable bonds is 0. The smallest absolute Gasteiger partial charge is 0.143 e. The third kappa shape index (κ3) is 0.979. The molecule has 0 saturated carbocycles. The Morgan fingerprint density at radius 3 is 3.00 bits per heavy atom. The van der Waals surface area contributed by atoms with Gasteiger partial charge in [0.2, 0.25) is 0 Å². The lowest BCUT2D eigenvalue weighted by atomic mass is 10.3. The molecule has 0 spiro atoms. The zero-order chi connectivity index (χ0) is 8.72. The first-order chi connectivity index (χ1) is 5.70. The third-order valence-electron chi connectivity index (χ3n) is 1.83. The maximum Gasteiger partial charge on any atom is 0.143 e. The number of nitrogens with zero attached hydrogens (tertiary/aromatic N) is 2. The van der Waals surface area contributed by atoms with Crippen LogP contribution in [0.25, 0.3) is 10.9 Å². The van der Waals surface area contributed by atoms with Gasteiger partial charge in [-0.15, -0.1) is 0 Å². The number of hydrogen-bond donors (Lipinski definition) is 1. The molecule has 0 aliphatic carbocycles. The Balaban J connectivity index is 2.99. The van der Waals surface area contributed by atoms with Gasteiger partial charge in [-0.05, 0) is 28.7 Å². The van der Waals surface area contributed by atoms with Crippen molar-refractivity contribution in [1.82, 2.24) is 9.55 Å². The van der Waals surface area contributed by atoms with Crippen molar-refractivity contribution in [3.8, 4) is 5.75 Å². The van der Waals surface area contributed by atoms with E-state index in [1.165, 1.54) is 0 Å². The van der Waals surface area contributed by atoms with Crippen molar-refractivity contribution >= 4 is 33.5 Å². The number of aryl methyl sites for hydroxylation is 1. The maximum absolute atomic E-state index is 9.51. The summed E-state index contributed by atoms with van der Waals surface area (Å²) in [6, 6.07) is 1.89. The molecule has 2 aromatic heterocycles. The SMILES string of the molecule is Cn1cc(O)c2c(I)nccc21. The van der Waals surface area contributed by atoms with E-state index in [0.717, 1.165) is 14.6 Å². The topological polar surface area (TPSA) is 38.0 Å². The predicted molar refractivity (Wildman–Crippen MR) is 55.1 cm³/mol. The minimum absolute atomic E-state index is 0.296. The Labute approximate surface area is 83.2 Å². The van der Waals surface area contributed by atoms with E-state index in [2.05, 4.69) is 27.6 Å². The lowest BCUT2D eigenvalue weighted by Crippen LogP contribution is -1.85. The molecule has 0 amide bonds. The van der Waals surface area contributed by atoms with Crippen molar-refractivity contribution in [3.63, 3.8) is 0 Å². The molecular formula is C8H7IN2O. The summed E-state index contributed by atoms with van der Waals surface area (Å²) in [4.78, 5) is 4.09. The normalized spacial score (nSPS) is 10.8. The van der Waals surface area contributed by atoms with Gasteiger partial charge in [0.15, 0.2) is 0 Å². The second kappa shape index (κ2) is 2.62. The van der Waals surface area contributed by atoms with Gasteiger partial charge in [0.1, 0.15) is 9.45 Å². The first-order valence-electron chi connectivity index (χ1n) is 3.48. The van der Waals surface area contributed by atoms with E-state index in [1.807, 2.05) is 17.7 Å². The van der Waals surface area contributed by atoms with Gasteiger partial charge in [-0.25, -0.2) is 4.98 Å². The molecular weight excluding hydrogens is 267 g/mol. The summed E-state index contributed by atoms with van der Waals surface area (Å²) in [5.74, 6) is 0.296. The molecule has 0 atom stereocenters. The molecule has 1 N–H and O–H groups in total. The van der Waals surface area contributed by atoms with Gasteiger partial charge in [0.05, 0.1) is 10.9 Å². The highest BCUT2D eigenvalue weighted by atomic mass is 127. The molecule has 3 nitrogen and oxygen atoms in total. The standard InChI is InChI=1S/C8H7IN2O/c1-11-4-6(12)7-5(11)2-3-10-8(7)9/h2-4,12H,1H3. The molecule has 2 rings (SSSR count). The molecule has 0 aromatic carbocycles. The molecule has 0 bridgehead atoms. The molecule has 0 saturated heterocycles. The highest BCUT2D eigenvalue weighted by Crippen LogP contribution is 2.28. The zero-order valence-electron chi connectivity index (χ0n) is 6.45. The van der Waals surface area contributed by atoms with E-state index in [4.69, 9.17) is 0 Å². The molecule has 2 heterocycles. The molecule has 12 heavy (non-hydrogen) atoms. The van der Waals surface area contributed by atoms with Crippen LogP contribution < -0.4 is 0 Å². The van der Waals surface area contributed by atoms with Crippen molar-refractivity contribution in [3.05, 3.63) is 22.2 Å². The highest BCUT2D eigenvalue weighted by Gasteiger charge is 2.08. The fourth-order valence-corrected chi connectivity index (χ4v) is 1.99. The summed E-state index contributed by atoms with van der Waals surface area (Å²) in [5.41, 5.74) is 1.01. The van der Waals surface area contributed by atoms with Gasteiger partial charge in [0.25, 0.3) is 0 Å². The Morgan fingerprint density at radius 2 is 2.33 bits per heavy atom. The summed E-state index contributed by atoms with van der Waals surface area (Å²) in [6.45, 7) is 0. The van der Waals surface area contributed by atoms with Crippen LogP contribution in [0.1, 0.15) is 0 Å². The van der Waals surface area contributed by atoms with Gasteiger partial charge < -0.3 is 9.67 Å². The van der Waals surface area contributed by atoms with Crippen LogP contribution in [0.2, 0.25) is 0 Å². The molecule has 62 valence electrons. The summed E-state index contributed by atoms with van der Waals surface area (Å²) in [5, 5.41) is 10.3. The molecule has 4 heteroatoms. The summed E-state index contributed by atoms with van der Waals surface area (Å²) in [6.07, 6.45) is 3.43. The second-order valence-corrected chi connectivity index (χ2v) is 3.64. The summed E-state index contributed by atoms with van der Waals surface area (Å²) in [7, 11) is 1.90. The van der Waals surface area contributed by atoms with Gasteiger partial charge >= 0.3 is 0 Å². The van der Waals surface area contributed by atoms with Gasteiger partial charge in [-0.3, -0.25) is 0 Å². The quantitative estimate of drug-likeness (QED) is 0.588. The van der Waals surface area contributed by atoms with Crippen LogP contribution in [0.4, 0.5) is 0 Å². The maximum atomic E-state index is 9.51. The molecule has 0 aliphatic rings. The number of fused-ring (bicyclic) bond motifs is 1. The summed E-state index contributed by atoms with van der Waals surface area (Å²) < 4.78 is 2.72. The van der Waals surface area contributed by atoms with Crippen LogP contribution in [0, 0.1) is 3.70 Å². The second-order valence-electron chi connectivity index (χ2n) is 2.62. The van der Waals surface area contributed by atoms with Gasteiger partial charge in [-0.2, -0.15) is 0 Å². The van der Waals surface area contributed by atoms with E-state index in [-0.39, 0.29) is 0 Å². The van der Waals surface area contributed by atoms with E-state index in [9.17, 15) is 5.11 Å². The Bertz CT molecular complexity index is 436. The fraction of sp³-hybridized carbons (Fsp3) is 0.125. The highest BCUT2D eigenvalue weighted by molar-refractivity contribution is 14.1. The molecule has 0 unspecified atom stereocenters. The Hall–Kier alpha value is -0.780. The van der Waals surface area contributed by atoms with E-state index in [1.54, 1.807) is 12.4 Å². The largest absolute Gasteiger partial charge is 0.506 e. The van der Waals surface area contributed by atoms with Crippen LogP contribution in [0.5, 0.6) is 5.75 Å². The minimum Gasteiger partial charge on any atom is -0.506 e.